The van der Waals surface area contributed by atoms with Gasteiger partial charge in [-0.05, 0) is 55.8 Å². The summed E-state index contributed by atoms with van der Waals surface area (Å²) in [6, 6.07) is 0.665. The highest BCUT2D eigenvalue weighted by atomic mass is 15.2. The number of fused-ring (bicyclic) bond motifs is 1. The Hall–Kier alpha value is -0.0800. The maximum atomic E-state index is 5.60. The molecule has 0 spiro atoms. The SMILES string of the molecule is NNC(C1CC1)C1CC2CC2C1. The van der Waals surface area contributed by atoms with E-state index in [1.807, 2.05) is 0 Å². The molecule has 3 atom stereocenters. The molecule has 3 rings (SSSR count). The lowest BCUT2D eigenvalue weighted by atomic mass is 9.91. The monoisotopic (exact) mass is 166 g/mol. The van der Waals surface area contributed by atoms with Crippen LogP contribution in [0.4, 0.5) is 0 Å². The highest BCUT2D eigenvalue weighted by molar-refractivity contribution is 5.02. The molecular weight excluding hydrogens is 148 g/mol. The van der Waals surface area contributed by atoms with Gasteiger partial charge in [0.1, 0.15) is 0 Å². The van der Waals surface area contributed by atoms with E-state index in [9.17, 15) is 0 Å². The van der Waals surface area contributed by atoms with Crippen LogP contribution in [0.2, 0.25) is 0 Å². The fourth-order valence-electron chi connectivity index (χ4n) is 3.17. The molecule has 0 saturated heterocycles. The van der Waals surface area contributed by atoms with E-state index in [1.165, 1.54) is 32.1 Å². The van der Waals surface area contributed by atoms with Crippen LogP contribution in [0.25, 0.3) is 0 Å². The third-order valence-corrected chi connectivity index (χ3v) is 4.11. The fourth-order valence-corrected chi connectivity index (χ4v) is 3.17. The minimum absolute atomic E-state index is 0.665. The summed E-state index contributed by atoms with van der Waals surface area (Å²) in [5, 5.41) is 0. The first kappa shape index (κ1) is 7.34. The van der Waals surface area contributed by atoms with Gasteiger partial charge in [0.05, 0.1) is 0 Å². The van der Waals surface area contributed by atoms with E-state index in [0.717, 1.165) is 23.7 Å². The Morgan fingerprint density at radius 1 is 1.00 bits per heavy atom. The summed E-state index contributed by atoms with van der Waals surface area (Å²) in [7, 11) is 0. The Balaban J connectivity index is 1.62. The second-order valence-corrected chi connectivity index (χ2v) is 5.02. The Morgan fingerprint density at radius 2 is 1.67 bits per heavy atom. The average molecular weight is 166 g/mol. The predicted octanol–water partition coefficient (Wildman–Crippen LogP) is 1.27. The van der Waals surface area contributed by atoms with Crippen LogP contribution in [0.3, 0.4) is 0 Å². The summed E-state index contributed by atoms with van der Waals surface area (Å²) in [5.41, 5.74) is 3.05. The lowest BCUT2D eigenvalue weighted by Crippen LogP contribution is -2.42. The highest BCUT2D eigenvalue weighted by Crippen LogP contribution is 2.56. The molecule has 0 radical (unpaired) electrons. The van der Waals surface area contributed by atoms with Crippen molar-refractivity contribution in [2.24, 2.45) is 29.5 Å². The lowest BCUT2D eigenvalue weighted by Gasteiger charge is -2.23. The quantitative estimate of drug-likeness (QED) is 0.489. The Morgan fingerprint density at radius 3 is 2.17 bits per heavy atom. The third kappa shape index (κ3) is 1.09. The normalized spacial score (nSPS) is 47.2. The molecule has 2 heteroatoms. The van der Waals surface area contributed by atoms with E-state index in [0.29, 0.717) is 6.04 Å². The molecule has 0 bridgehead atoms. The molecule has 3 unspecified atom stereocenters. The topological polar surface area (TPSA) is 38.0 Å². The van der Waals surface area contributed by atoms with Gasteiger partial charge < -0.3 is 0 Å². The first-order valence-electron chi connectivity index (χ1n) is 5.34. The zero-order valence-corrected chi connectivity index (χ0v) is 7.50. The summed E-state index contributed by atoms with van der Waals surface area (Å²) < 4.78 is 0. The van der Waals surface area contributed by atoms with Crippen molar-refractivity contribution in [1.29, 1.82) is 0 Å². The van der Waals surface area contributed by atoms with E-state index < -0.39 is 0 Å². The molecular formula is C10H18N2. The van der Waals surface area contributed by atoms with Gasteiger partial charge in [0, 0.05) is 6.04 Å². The third-order valence-electron chi connectivity index (χ3n) is 4.11. The van der Waals surface area contributed by atoms with Crippen LogP contribution >= 0.6 is 0 Å². The average Bonchev–Trinajstić information content (AvgIpc) is 2.96. The molecule has 3 N–H and O–H groups in total. The van der Waals surface area contributed by atoms with Crippen molar-refractivity contribution in [2.75, 3.05) is 0 Å². The zero-order valence-electron chi connectivity index (χ0n) is 7.50. The van der Waals surface area contributed by atoms with Crippen molar-refractivity contribution < 1.29 is 0 Å². The molecule has 0 aromatic carbocycles. The minimum atomic E-state index is 0.665. The first-order valence-corrected chi connectivity index (χ1v) is 5.34. The van der Waals surface area contributed by atoms with Crippen molar-refractivity contribution in [1.82, 2.24) is 5.43 Å². The van der Waals surface area contributed by atoms with Crippen LogP contribution in [0.15, 0.2) is 0 Å². The van der Waals surface area contributed by atoms with E-state index >= 15 is 0 Å². The zero-order chi connectivity index (χ0) is 8.13. The van der Waals surface area contributed by atoms with Gasteiger partial charge in [-0.1, -0.05) is 0 Å². The van der Waals surface area contributed by atoms with Gasteiger partial charge in [0.15, 0.2) is 0 Å². The fraction of sp³-hybridized carbons (Fsp3) is 1.00. The second kappa shape index (κ2) is 2.46. The number of hydrogen-bond donors (Lipinski definition) is 2. The molecule has 68 valence electrons. The van der Waals surface area contributed by atoms with Gasteiger partial charge in [-0.2, -0.15) is 0 Å². The van der Waals surface area contributed by atoms with Crippen molar-refractivity contribution in [2.45, 2.75) is 38.1 Å². The molecule has 12 heavy (non-hydrogen) atoms. The van der Waals surface area contributed by atoms with Gasteiger partial charge in [0.2, 0.25) is 0 Å². The Labute approximate surface area is 73.9 Å². The van der Waals surface area contributed by atoms with E-state index in [-0.39, 0.29) is 0 Å². The first-order chi connectivity index (χ1) is 5.88. The van der Waals surface area contributed by atoms with Crippen LogP contribution in [0, 0.1) is 23.7 Å². The van der Waals surface area contributed by atoms with E-state index in [2.05, 4.69) is 5.43 Å². The smallest absolute Gasteiger partial charge is 0.0267 e. The number of hydrazine groups is 1. The van der Waals surface area contributed by atoms with Crippen LogP contribution in [0.5, 0.6) is 0 Å². The summed E-state index contributed by atoms with van der Waals surface area (Å²) in [5.74, 6) is 9.66. The summed E-state index contributed by atoms with van der Waals surface area (Å²) in [6.45, 7) is 0. The van der Waals surface area contributed by atoms with Crippen molar-refractivity contribution in [3.8, 4) is 0 Å². The van der Waals surface area contributed by atoms with Crippen molar-refractivity contribution in [3.05, 3.63) is 0 Å². The minimum Gasteiger partial charge on any atom is -0.271 e. The molecule has 0 amide bonds. The number of hydrogen-bond acceptors (Lipinski definition) is 2. The standard InChI is InChI=1S/C10H18N2/c11-12-10(6-1-2-6)9-4-7-3-8(7)5-9/h6-10,12H,1-5,11H2. The molecule has 0 heterocycles. The molecule has 3 aliphatic rings. The molecule has 2 nitrogen and oxygen atoms in total. The molecule has 3 aliphatic carbocycles. The highest BCUT2D eigenvalue weighted by Gasteiger charge is 2.50. The summed E-state index contributed by atoms with van der Waals surface area (Å²) >= 11 is 0. The van der Waals surface area contributed by atoms with Crippen LogP contribution in [-0.4, -0.2) is 6.04 Å². The maximum Gasteiger partial charge on any atom is 0.0267 e. The van der Waals surface area contributed by atoms with Crippen LogP contribution < -0.4 is 11.3 Å². The van der Waals surface area contributed by atoms with E-state index in [1.54, 1.807) is 0 Å². The predicted molar refractivity (Wildman–Crippen MR) is 48.2 cm³/mol. The van der Waals surface area contributed by atoms with Crippen LogP contribution in [-0.2, 0) is 0 Å². The van der Waals surface area contributed by atoms with Gasteiger partial charge >= 0.3 is 0 Å². The number of nitrogens with one attached hydrogen (secondary N) is 1. The molecule has 0 aromatic heterocycles. The lowest BCUT2D eigenvalue weighted by molar-refractivity contribution is 0.308. The molecule has 3 fully saturated rings. The number of rotatable bonds is 3. The van der Waals surface area contributed by atoms with E-state index in [4.69, 9.17) is 5.84 Å². The largest absolute Gasteiger partial charge is 0.271 e. The summed E-state index contributed by atoms with van der Waals surface area (Å²) in [6.07, 6.45) is 7.30. The molecule has 3 saturated carbocycles. The van der Waals surface area contributed by atoms with Crippen LogP contribution in [0.1, 0.15) is 32.1 Å². The summed E-state index contributed by atoms with van der Waals surface area (Å²) in [4.78, 5) is 0. The molecule has 0 aromatic rings. The number of nitrogens with two attached hydrogens (primary N) is 1. The van der Waals surface area contributed by atoms with Gasteiger partial charge in [-0.15, -0.1) is 0 Å². The Bertz CT molecular complexity index is 178. The van der Waals surface area contributed by atoms with Gasteiger partial charge in [-0.3, -0.25) is 11.3 Å². The van der Waals surface area contributed by atoms with Crippen molar-refractivity contribution >= 4 is 0 Å². The Kier molecular flexibility index (Phi) is 1.50. The van der Waals surface area contributed by atoms with Gasteiger partial charge in [-0.25, -0.2) is 0 Å². The maximum absolute atomic E-state index is 5.60. The second-order valence-electron chi connectivity index (χ2n) is 5.02. The molecule has 0 aliphatic heterocycles. The van der Waals surface area contributed by atoms with Gasteiger partial charge in [0.25, 0.3) is 0 Å². The van der Waals surface area contributed by atoms with Crippen molar-refractivity contribution in [3.63, 3.8) is 0 Å².